The summed E-state index contributed by atoms with van der Waals surface area (Å²) in [4.78, 5) is 12.4. The Morgan fingerprint density at radius 1 is 1.10 bits per heavy atom. The Bertz CT molecular complexity index is 972. The number of halogens is 3. The van der Waals surface area contributed by atoms with Crippen LogP contribution in [0.3, 0.4) is 0 Å². The first-order chi connectivity index (χ1) is 13.4. The Hall–Kier alpha value is -2.59. The second-order valence-electron chi connectivity index (χ2n) is 6.40. The van der Waals surface area contributed by atoms with Crippen molar-refractivity contribution in [2.24, 2.45) is 0 Å². The Kier molecular flexibility index (Phi) is 6.91. The van der Waals surface area contributed by atoms with Crippen LogP contribution in [-0.4, -0.2) is 27.0 Å². The summed E-state index contributed by atoms with van der Waals surface area (Å²) in [5.74, 6) is -0.611. The van der Waals surface area contributed by atoms with Crippen molar-refractivity contribution in [2.45, 2.75) is 37.9 Å². The topological polar surface area (TPSA) is 84.5 Å². The highest BCUT2D eigenvalue weighted by atomic mass is 32.2. The molecule has 6 nitrogen and oxygen atoms in total. The van der Waals surface area contributed by atoms with E-state index in [0.717, 1.165) is 18.2 Å². The number of sulfonamides is 1. The maximum atomic E-state index is 13.0. The molecule has 29 heavy (non-hydrogen) atoms. The van der Waals surface area contributed by atoms with Gasteiger partial charge in [0.15, 0.2) is 0 Å². The molecule has 0 heterocycles. The molecule has 0 radical (unpaired) electrons. The predicted molar refractivity (Wildman–Crippen MR) is 102 cm³/mol. The fourth-order valence-electron chi connectivity index (χ4n) is 2.44. The number of amides is 1. The van der Waals surface area contributed by atoms with Gasteiger partial charge in [-0.25, -0.2) is 13.1 Å². The molecule has 2 aromatic rings. The van der Waals surface area contributed by atoms with Gasteiger partial charge >= 0.3 is 6.18 Å². The lowest BCUT2D eigenvalue weighted by Gasteiger charge is -2.15. The van der Waals surface area contributed by atoms with E-state index in [1.807, 2.05) is 0 Å². The van der Waals surface area contributed by atoms with Crippen LogP contribution in [0.25, 0.3) is 0 Å². The zero-order valence-corrected chi connectivity index (χ0v) is 16.8. The molecule has 1 amide bonds. The molecule has 0 aromatic heterocycles. The summed E-state index contributed by atoms with van der Waals surface area (Å²) in [6.45, 7) is 5.20. The molecule has 0 unspecified atom stereocenters. The molecule has 0 aliphatic heterocycles. The number of anilines is 1. The van der Waals surface area contributed by atoms with E-state index < -0.39 is 27.7 Å². The number of carbonyl (C=O) groups is 1. The van der Waals surface area contributed by atoms with E-state index in [1.165, 1.54) is 24.3 Å². The summed E-state index contributed by atoms with van der Waals surface area (Å²) >= 11 is 0. The number of rotatable bonds is 7. The number of hydrogen-bond donors (Lipinski definition) is 2. The second kappa shape index (κ2) is 8.83. The van der Waals surface area contributed by atoms with Crippen molar-refractivity contribution in [3.05, 3.63) is 53.6 Å². The van der Waals surface area contributed by atoms with Crippen LogP contribution in [0.15, 0.2) is 47.4 Å². The largest absolute Gasteiger partial charge is 0.492 e. The highest BCUT2D eigenvalue weighted by molar-refractivity contribution is 7.89. The number of hydrogen-bond acceptors (Lipinski definition) is 4. The quantitative estimate of drug-likeness (QED) is 0.694. The number of nitrogens with one attached hydrogen (secondary N) is 2. The molecule has 2 aromatic carbocycles. The molecular weight excluding hydrogens is 409 g/mol. The Labute approximate surface area is 167 Å². The summed E-state index contributed by atoms with van der Waals surface area (Å²) in [6, 6.07) is 7.52. The molecule has 158 valence electrons. The predicted octanol–water partition coefficient (Wildman–Crippen LogP) is 4.04. The van der Waals surface area contributed by atoms with Crippen molar-refractivity contribution in [1.29, 1.82) is 0 Å². The molecule has 0 saturated heterocycles. The van der Waals surface area contributed by atoms with E-state index in [-0.39, 0.29) is 34.5 Å². The number of ether oxygens (including phenoxy) is 1. The summed E-state index contributed by atoms with van der Waals surface area (Å²) in [5.41, 5.74) is -0.990. The van der Waals surface area contributed by atoms with Crippen LogP contribution in [0, 0.1) is 0 Å². The van der Waals surface area contributed by atoms with Gasteiger partial charge in [0.05, 0.1) is 22.8 Å². The standard InChI is InChI=1S/C19H21F3N2O4S/c1-4-28-17-10-7-14(19(20,21)22)11-16(17)23-18(25)13-5-8-15(9-6-13)29(26,27)24-12(2)3/h5-12,24H,4H2,1-3H3,(H,23,25). The van der Waals surface area contributed by atoms with Gasteiger partial charge in [-0.15, -0.1) is 0 Å². The fourth-order valence-corrected chi connectivity index (χ4v) is 3.69. The van der Waals surface area contributed by atoms with Gasteiger partial charge in [0.25, 0.3) is 5.91 Å². The van der Waals surface area contributed by atoms with Crippen LogP contribution in [0.5, 0.6) is 5.75 Å². The molecule has 0 aliphatic carbocycles. The number of carbonyl (C=O) groups excluding carboxylic acids is 1. The first-order valence-corrected chi connectivity index (χ1v) is 10.2. The highest BCUT2D eigenvalue weighted by Gasteiger charge is 2.31. The molecule has 0 bridgehead atoms. The van der Waals surface area contributed by atoms with Crippen LogP contribution < -0.4 is 14.8 Å². The van der Waals surface area contributed by atoms with Crippen molar-refractivity contribution in [3.63, 3.8) is 0 Å². The van der Waals surface area contributed by atoms with Gasteiger partial charge in [-0.2, -0.15) is 13.2 Å². The van der Waals surface area contributed by atoms with Gasteiger partial charge in [0.2, 0.25) is 10.0 Å². The maximum absolute atomic E-state index is 13.0. The molecule has 0 fully saturated rings. The van der Waals surface area contributed by atoms with Gasteiger partial charge < -0.3 is 10.1 Å². The van der Waals surface area contributed by atoms with Crippen LogP contribution in [0.1, 0.15) is 36.7 Å². The van der Waals surface area contributed by atoms with Gasteiger partial charge in [-0.1, -0.05) is 0 Å². The van der Waals surface area contributed by atoms with Gasteiger partial charge in [-0.05, 0) is 63.2 Å². The second-order valence-corrected chi connectivity index (χ2v) is 8.11. The van der Waals surface area contributed by atoms with Crippen molar-refractivity contribution in [1.82, 2.24) is 4.72 Å². The molecular formula is C19H21F3N2O4S. The first kappa shape index (κ1) is 22.7. The molecule has 0 aliphatic rings. The van der Waals surface area contributed by atoms with Crippen molar-refractivity contribution in [2.75, 3.05) is 11.9 Å². The summed E-state index contributed by atoms with van der Waals surface area (Å²) < 4.78 is 70.9. The average Bonchev–Trinajstić information content (AvgIpc) is 2.61. The Morgan fingerprint density at radius 3 is 2.24 bits per heavy atom. The smallest absolute Gasteiger partial charge is 0.416 e. The number of benzene rings is 2. The molecule has 0 spiro atoms. The van der Waals surface area contributed by atoms with Gasteiger partial charge in [0, 0.05) is 11.6 Å². The maximum Gasteiger partial charge on any atom is 0.416 e. The normalized spacial score (nSPS) is 12.1. The van der Waals surface area contributed by atoms with E-state index in [4.69, 9.17) is 4.74 Å². The van der Waals surface area contributed by atoms with E-state index in [9.17, 15) is 26.4 Å². The summed E-state index contributed by atoms with van der Waals surface area (Å²) in [6.07, 6.45) is -4.58. The van der Waals surface area contributed by atoms with Gasteiger partial charge in [-0.3, -0.25) is 4.79 Å². The molecule has 0 atom stereocenters. The van der Waals surface area contributed by atoms with E-state index in [0.29, 0.717) is 0 Å². The van der Waals surface area contributed by atoms with Crippen LogP contribution in [-0.2, 0) is 16.2 Å². The van der Waals surface area contributed by atoms with Crippen LogP contribution >= 0.6 is 0 Å². The third-order valence-corrected chi connectivity index (χ3v) is 5.35. The Balaban J connectivity index is 2.28. The summed E-state index contributed by atoms with van der Waals surface area (Å²) in [5, 5.41) is 2.39. The summed E-state index contributed by atoms with van der Waals surface area (Å²) in [7, 11) is -3.72. The van der Waals surface area contributed by atoms with Crippen LogP contribution in [0.2, 0.25) is 0 Å². The lowest BCUT2D eigenvalue weighted by Crippen LogP contribution is -2.30. The van der Waals surface area contributed by atoms with Crippen LogP contribution in [0.4, 0.5) is 18.9 Å². The SMILES string of the molecule is CCOc1ccc(C(F)(F)F)cc1NC(=O)c1ccc(S(=O)(=O)NC(C)C)cc1. The minimum absolute atomic E-state index is 0.0307. The minimum Gasteiger partial charge on any atom is -0.492 e. The van der Waals surface area contributed by atoms with E-state index >= 15 is 0 Å². The molecule has 2 N–H and O–H groups in total. The number of alkyl halides is 3. The lowest BCUT2D eigenvalue weighted by molar-refractivity contribution is -0.137. The molecule has 0 saturated carbocycles. The minimum atomic E-state index is -4.58. The monoisotopic (exact) mass is 430 g/mol. The van der Waals surface area contributed by atoms with E-state index in [2.05, 4.69) is 10.0 Å². The van der Waals surface area contributed by atoms with Crippen molar-refractivity contribution >= 4 is 21.6 Å². The zero-order valence-electron chi connectivity index (χ0n) is 16.0. The fraction of sp³-hybridized carbons (Fsp3) is 0.316. The van der Waals surface area contributed by atoms with Crippen molar-refractivity contribution < 1.29 is 31.1 Å². The van der Waals surface area contributed by atoms with E-state index in [1.54, 1.807) is 20.8 Å². The van der Waals surface area contributed by atoms with Gasteiger partial charge in [0.1, 0.15) is 5.75 Å². The first-order valence-electron chi connectivity index (χ1n) is 8.72. The zero-order chi connectivity index (χ0) is 21.8. The Morgan fingerprint density at radius 2 is 1.72 bits per heavy atom. The van der Waals surface area contributed by atoms with Crippen molar-refractivity contribution in [3.8, 4) is 5.75 Å². The highest BCUT2D eigenvalue weighted by Crippen LogP contribution is 2.35. The molecule has 2 rings (SSSR count). The third-order valence-electron chi connectivity index (χ3n) is 3.67. The average molecular weight is 430 g/mol. The third kappa shape index (κ3) is 5.94. The lowest BCUT2D eigenvalue weighted by atomic mass is 10.1. The molecule has 10 heteroatoms.